The van der Waals surface area contributed by atoms with Gasteiger partial charge in [0.1, 0.15) is 0 Å². The highest BCUT2D eigenvalue weighted by Crippen LogP contribution is 2.32. The van der Waals surface area contributed by atoms with Gasteiger partial charge in [-0.1, -0.05) is 47.5 Å². The van der Waals surface area contributed by atoms with E-state index in [4.69, 9.17) is 0 Å². The van der Waals surface area contributed by atoms with Crippen LogP contribution in [0.2, 0.25) is 0 Å². The van der Waals surface area contributed by atoms with E-state index in [1.165, 1.54) is 64.6 Å². The molecule has 21 heavy (non-hydrogen) atoms. The largest absolute Gasteiger partial charge is 0.316 e. The topological polar surface area (TPSA) is 15.3 Å². The zero-order chi connectivity index (χ0) is 15.7. The van der Waals surface area contributed by atoms with Gasteiger partial charge in [0.15, 0.2) is 0 Å². The Morgan fingerprint density at radius 3 is 2.19 bits per heavy atom. The van der Waals surface area contributed by atoms with E-state index in [0.717, 1.165) is 18.5 Å². The monoisotopic (exact) mass is 296 g/mol. The van der Waals surface area contributed by atoms with Crippen molar-refractivity contribution in [3.05, 3.63) is 0 Å². The summed E-state index contributed by atoms with van der Waals surface area (Å²) in [5.74, 6) is 0.778. The van der Waals surface area contributed by atoms with E-state index in [1.54, 1.807) is 0 Å². The van der Waals surface area contributed by atoms with Crippen LogP contribution in [0.5, 0.6) is 0 Å². The average Bonchev–Trinajstić information content (AvgIpc) is 2.99. The van der Waals surface area contributed by atoms with Crippen LogP contribution < -0.4 is 5.32 Å². The van der Waals surface area contributed by atoms with Crippen molar-refractivity contribution in [2.75, 3.05) is 26.2 Å². The lowest BCUT2D eigenvalue weighted by molar-refractivity contribution is 0.0885. The molecule has 126 valence electrons. The first kappa shape index (κ1) is 19.0. The molecule has 1 N–H and O–H groups in total. The fourth-order valence-electron chi connectivity index (χ4n) is 3.82. The Balaban J connectivity index is 2.69. The molecule has 0 atom stereocenters. The van der Waals surface area contributed by atoms with Crippen molar-refractivity contribution in [3.63, 3.8) is 0 Å². The summed E-state index contributed by atoms with van der Waals surface area (Å²) in [5.41, 5.74) is 0.465. The van der Waals surface area contributed by atoms with Crippen molar-refractivity contribution in [3.8, 4) is 0 Å². The smallest absolute Gasteiger partial charge is 0.00956 e. The van der Waals surface area contributed by atoms with Crippen LogP contribution in [0.15, 0.2) is 0 Å². The van der Waals surface area contributed by atoms with E-state index >= 15 is 0 Å². The van der Waals surface area contributed by atoms with E-state index in [1.807, 2.05) is 0 Å². The average molecular weight is 297 g/mol. The Kier molecular flexibility index (Phi) is 8.89. The Hall–Kier alpha value is -0.0800. The highest BCUT2D eigenvalue weighted by atomic mass is 15.2. The fourth-order valence-corrected chi connectivity index (χ4v) is 3.82. The molecular formula is C19H40N2. The normalized spacial score (nSPS) is 17.3. The maximum atomic E-state index is 3.70. The summed E-state index contributed by atoms with van der Waals surface area (Å²) < 4.78 is 0. The molecule has 2 nitrogen and oxygen atoms in total. The van der Waals surface area contributed by atoms with E-state index in [9.17, 15) is 0 Å². The Bertz CT molecular complexity index is 252. The molecule has 1 saturated carbocycles. The summed E-state index contributed by atoms with van der Waals surface area (Å²) in [4.78, 5) is 2.85. The molecule has 0 saturated heterocycles. The molecule has 1 aliphatic carbocycles. The molecule has 1 fully saturated rings. The molecule has 1 aliphatic rings. The van der Waals surface area contributed by atoms with Crippen molar-refractivity contribution in [2.24, 2.45) is 11.3 Å². The lowest BCUT2D eigenvalue weighted by atomic mass is 9.81. The van der Waals surface area contributed by atoms with Crippen LogP contribution in [-0.2, 0) is 0 Å². The second-order valence-electron chi connectivity index (χ2n) is 7.65. The van der Waals surface area contributed by atoms with Crippen molar-refractivity contribution in [1.29, 1.82) is 0 Å². The van der Waals surface area contributed by atoms with Gasteiger partial charge in [0.25, 0.3) is 0 Å². The maximum Gasteiger partial charge on any atom is 0.00956 e. The standard InChI is InChI=1S/C19H40N2/c1-6-13-20-15-19(7-2,8-3)16-21(14-17(4)5)18-11-9-10-12-18/h17-18,20H,6-16H2,1-5H3. The summed E-state index contributed by atoms with van der Waals surface area (Å²) >= 11 is 0. The molecule has 0 spiro atoms. The summed E-state index contributed by atoms with van der Waals surface area (Å²) in [7, 11) is 0. The third-order valence-corrected chi connectivity index (χ3v) is 5.41. The van der Waals surface area contributed by atoms with Crippen LogP contribution in [0.3, 0.4) is 0 Å². The molecule has 0 radical (unpaired) electrons. The lowest BCUT2D eigenvalue weighted by Crippen LogP contribution is -2.48. The number of hydrogen-bond donors (Lipinski definition) is 1. The van der Waals surface area contributed by atoms with Crippen LogP contribution in [-0.4, -0.2) is 37.1 Å². The Morgan fingerprint density at radius 1 is 1.10 bits per heavy atom. The maximum absolute atomic E-state index is 3.70. The van der Waals surface area contributed by atoms with Gasteiger partial charge in [-0.2, -0.15) is 0 Å². The molecule has 1 rings (SSSR count). The summed E-state index contributed by atoms with van der Waals surface area (Å²) in [6.45, 7) is 16.7. The van der Waals surface area contributed by atoms with Crippen molar-refractivity contribution in [1.82, 2.24) is 10.2 Å². The van der Waals surface area contributed by atoms with E-state index in [-0.39, 0.29) is 0 Å². The molecule has 0 heterocycles. The predicted molar refractivity (Wildman–Crippen MR) is 94.8 cm³/mol. The molecule has 0 aliphatic heterocycles. The third kappa shape index (κ3) is 6.28. The summed E-state index contributed by atoms with van der Waals surface area (Å²) in [6.07, 6.45) is 9.57. The number of nitrogens with one attached hydrogen (secondary N) is 1. The first-order valence-electron chi connectivity index (χ1n) is 9.51. The first-order chi connectivity index (χ1) is 10.1. The Labute approximate surface area is 134 Å². The van der Waals surface area contributed by atoms with Gasteiger partial charge in [0.05, 0.1) is 0 Å². The quantitative estimate of drug-likeness (QED) is 0.556. The molecule has 0 amide bonds. The minimum atomic E-state index is 0.465. The summed E-state index contributed by atoms with van der Waals surface area (Å²) in [6, 6.07) is 0.857. The zero-order valence-corrected chi connectivity index (χ0v) is 15.4. The summed E-state index contributed by atoms with van der Waals surface area (Å²) in [5, 5.41) is 3.70. The van der Waals surface area contributed by atoms with Gasteiger partial charge in [0.2, 0.25) is 0 Å². The molecule has 0 aromatic heterocycles. The van der Waals surface area contributed by atoms with Crippen molar-refractivity contribution < 1.29 is 0 Å². The van der Waals surface area contributed by atoms with E-state index in [2.05, 4.69) is 44.8 Å². The van der Waals surface area contributed by atoms with Crippen molar-refractivity contribution in [2.45, 2.75) is 85.6 Å². The molecule has 0 bridgehead atoms. The zero-order valence-electron chi connectivity index (χ0n) is 15.4. The van der Waals surface area contributed by atoms with Crippen LogP contribution >= 0.6 is 0 Å². The minimum absolute atomic E-state index is 0.465. The van der Waals surface area contributed by atoms with Gasteiger partial charge in [-0.3, -0.25) is 4.90 Å². The minimum Gasteiger partial charge on any atom is -0.316 e. The Morgan fingerprint density at radius 2 is 1.71 bits per heavy atom. The van der Waals surface area contributed by atoms with Crippen LogP contribution in [0.1, 0.15) is 79.6 Å². The molecule has 0 aromatic rings. The molecule has 0 unspecified atom stereocenters. The number of hydrogen-bond acceptors (Lipinski definition) is 2. The molecular weight excluding hydrogens is 256 g/mol. The van der Waals surface area contributed by atoms with Gasteiger partial charge >= 0.3 is 0 Å². The van der Waals surface area contributed by atoms with Crippen LogP contribution in [0.25, 0.3) is 0 Å². The number of nitrogens with zero attached hydrogens (tertiary/aromatic N) is 1. The molecule has 2 heteroatoms. The predicted octanol–water partition coefficient (Wildman–Crippen LogP) is 4.69. The van der Waals surface area contributed by atoms with Gasteiger partial charge < -0.3 is 5.32 Å². The van der Waals surface area contributed by atoms with Gasteiger partial charge in [-0.15, -0.1) is 0 Å². The highest BCUT2D eigenvalue weighted by molar-refractivity contribution is 4.87. The van der Waals surface area contributed by atoms with Crippen LogP contribution in [0, 0.1) is 11.3 Å². The van der Waals surface area contributed by atoms with Crippen LogP contribution in [0.4, 0.5) is 0 Å². The SMILES string of the molecule is CCCNCC(CC)(CC)CN(CC(C)C)C1CCCC1. The second kappa shape index (κ2) is 9.84. The van der Waals surface area contributed by atoms with E-state index < -0.39 is 0 Å². The fraction of sp³-hybridized carbons (Fsp3) is 1.00. The van der Waals surface area contributed by atoms with Gasteiger partial charge in [0, 0.05) is 25.7 Å². The number of rotatable bonds is 11. The molecule has 0 aromatic carbocycles. The highest BCUT2D eigenvalue weighted by Gasteiger charge is 2.32. The lowest BCUT2D eigenvalue weighted by Gasteiger charge is -2.41. The van der Waals surface area contributed by atoms with Gasteiger partial charge in [-0.05, 0) is 50.0 Å². The van der Waals surface area contributed by atoms with Gasteiger partial charge in [-0.25, -0.2) is 0 Å². The van der Waals surface area contributed by atoms with E-state index in [0.29, 0.717) is 5.41 Å². The third-order valence-electron chi connectivity index (χ3n) is 5.41. The second-order valence-corrected chi connectivity index (χ2v) is 7.65. The van der Waals surface area contributed by atoms with Crippen molar-refractivity contribution >= 4 is 0 Å². The first-order valence-corrected chi connectivity index (χ1v) is 9.51.